The third-order valence-corrected chi connectivity index (χ3v) is 2.80. The Morgan fingerprint density at radius 2 is 2.45 bits per heavy atom. The first kappa shape index (κ1) is 9.23. The van der Waals surface area contributed by atoms with Crippen molar-refractivity contribution >= 4 is 27.3 Å². The van der Waals surface area contributed by atoms with Crippen LogP contribution in [0.1, 0.15) is 11.3 Å². The average molecular weight is 234 g/mol. The van der Waals surface area contributed by atoms with Crippen LogP contribution in [0.15, 0.2) is 17.5 Å². The number of rotatable bonds is 5. The maximum Gasteiger partial charge on any atom is 0.0299 e. The maximum atomic E-state index is 3.39. The third kappa shape index (κ3) is 3.89. The number of alkyl halides is 1. The molecule has 1 heterocycles. The van der Waals surface area contributed by atoms with Crippen molar-refractivity contribution in [2.24, 2.45) is 0 Å². The van der Waals surface area contributed by atoms with E-state index in [0.29, 0.717) is 0 Å². The summed E-state index contributed by atoms with van der Waals surface area (Å²) in [7, 11) is 0. The van der Waals surface area contributed by atoms with Gasteiger partial charge in [-0.15, -0.1) is 11.3 Å². The molecule has 0 aliphatic heterocycles. The lowest BCUT2D eigenvalue weighted by Gasteiger charge is -1.99. The van der Waals surface area contributed by atoms with Gasteiger partial charge < -0.3 is 5.32 Å². The molecular weight excluding hydrogens is 222 g/mol. The number of thiophene rings is 1. The minimum atomic E-state index is 1.02. The molecule has 11 heavy (non-hydrogen) atoms. The van der Waals surface area contributed by atoms with E-state index in [2.05, 4.69) is 38.8 Å². The molecule has 1 aromatic heterocycles. The summed E-state index contributed by atoms with van der Waals surface area (Å²) in [6, 6.07) is 4.25. The van der Waals surface area contributed by atoms with Crippen LogP contribution in [0.2, 0.25) is 0 Å². The van der Waals surface area contributed by atoms with Gasteiger partial charge in [-0.2, -0.15) is 0 Å². The van der Waals surface area contributed by atoms with E-state index in [9.17, 15) is 0 Å². The molecule has 1 rings (SSSR count). The van der Waals surface area contributed by atoms with Gasteiger partial charge in [0.05, 0.1) is 0 Å². The van der Waals surface area contributed by atoms with Gasteiger partial charge in [-0.05, 0) is 24.4 Å². The van der Waals surface area contributed by atoms with Crippen LogP contribution < -0.4 is 5.32 Å². The van der Waals surface area contributed by atoms with Gasteiger partial charge in [-0.25, -0.2) is 0 Å². The Balaban J connectivity index is 2.04. The van der Waals surface area contributed by atoms with Crippen LogP contribution in [0.4, 0.5) is 0 Å². The van der Waals surface area contributed by atoms with Crippen LogP contribution in [-0.4, -0.2) is 11.9 Å². The highest BCUT2D eigenvalue weighted by atomic mass is 79.9. The summed E-state index contributed by atoms with van der Waals surface area (Å²) in [5.41, 5.74) is 0. The second-order valence-corrected chi connectivity index (χ2v) is 4.12. The zero-order valence-electron chi connectivity index (χ0n) is 6.35. The van der Waals surface area contributed by atoms with E-state index in [1.807, 2.05) is 0 Å². The van der Waals surface area contributed by atoms with Crippen LogP contribution in [0, 0.1) is 0 Å². The fraction of sp³-hybridized carbons (Fsp3) is 0.500. The number of hydrogen-bond acceptors (Lipinski definition) is 2. The highest BCUT2D eigenvalue weighted by Crippen LogP contribution is 2.06. The van der Waals surface area contributed by atoms with E-state index in [-0.39, 0.29) is 0 Å². The molecule has 3 heteroatoms. The maximum absolute atomic E-state index is 3.39. The largest absolute Gasteiger partial charge is 0.312 e. The molecule has 62 valence electrons. The number of hydrogen-bond donors (Lipinski definition) is 1. The minimum Gasteiger partial charge on any atom is -0.312 e. The summed E-state index contributed by atoms with van der Waals surface area (Å²) in [5.74, 6) is 0. The molecule has 0 radical (unpaired) electrons. The van der Waals surface area contributed by atoms with Gasteiger partial charge in [-0.3, -0.25) is 0 Å². The van der Waals surface area contributed by atoms with Gasteiger partial charge in [0.15, 0.2) is 0 Å². The molecule has 0 saturated carbocycles. The molecule has 0 saturated heterocycles. The second-order valence-electron chi connectivity index (χ2n) is 2.30. The van der Waals surface area contributed by atoms with Crippen molar-refractivity contribution in [1.29, 1.82) is 0 Å². The lowest BCUT2D eigenvalue weighted by Crippen LogP contribution is -2.13. The Morgan fingerprint density at radius 3 is 3.09 bits per heavy atom. The lowest BCUT2D eigenvalue weighted by molar-refractivity contribution is 0.686. The smallest absolute Gasteiger partial charge is 0.0299 e. The predicted molar refractivity (Wildman–Crippen MR) is 54.4 cm³/mol. The van der Waals surface area contributed by atoms with Gasteiger partial charge in [0, 0.05) is 16.8 Å². The molecule has 0 fully saturated rings. The summed E-state index contributed by atoms with van der Waals surface area (Å²) in [5, 5.41) is 6.57. The fourth-order valence-electron chi connectivity index (χ4n) is 0.817. The van der Waals surface area contributed by atoms with E-state index in [1.165, 1.54) is 11.3 Å². The Hall–Kier alpha value is 0.140. The van der Waals surface area contributed by atoms with Crippen LogP contribution in [-0.2, 0) is 6.54 Å². The van der Waals surface area contributed by atoms with Crippen molar-refractivity contribution in [2.45, 2.75) is 13.0 Å². The topological polar surface area (TPSA) is 12.0 Å². The summed E-state index contributed by atoms with van der Waals surface area (Å²) < 4.78 is 0. The van der Waals surface area contributed by atoms with Gasteiger partial charge >= 0.3 is 0 Å². The first-order valence-electron chi connectivity index (χ1n) is 3.72. The molecule has 0 aliphatic rings. The fourth-order valence-corrected chi connectivity index (χ4v) is 1.77. The molecule has 0 amide bonds. The van der Waals surface area contributed by atoms with Crippen molar-refractivity contribution in [3.05, 3.63) is 22.4 Å². The predicted octanol–water partition coefficient (Wildman–Crippen LogP) is 2.62. The first-order chi connectivity index (χ1) is 5.43. The highest BCUT2D eigenvalue weighted by molar-refractivity contribution is 9.09. The van der Waals surface area contributed by atoms with Crippen LogP contribution in [0.25, 0.3) is 0 Å². The normalized spacial score (nSPS) is 10.3. The molecule has 1 aromatic rings. The van der Waals surface area contributed by atoms with Gasteiger partial charge in [0.1, 0.15) is 0 Å². The van der Waals surface area contributed by atoms with Crippen LogP contribution in [0.5, 0.6) is 0 Å². The molecule has 0 atom stereocenters. The zero-order valence-corrected chi connectivity index (χ0v) is 8.75. The number of halogens is 1. The summed E-state index contributed by atoms with van der Waals surface area (Å²) in [4.78, 5) is 1.42. The minimum absolute atomic E-state index is 1.02. The molecule has 0 unspecified atom stereocenters. The van der Waals surface area contributed by atoms with Gasteiger partial charge in [0.25, 0.3) is 0 Å². The van der Waals surface area contributed by atoms with Gasteiger partial charge in [0.2, 0.25) is 0 Å². The van der Waals surface area contributed by atoms with Crippen molar-refractivity contribution < 1.29 is 0 Å². The Kier molecular flexibility index (Phi) is 4.82. The Bertz CT molecular complexity index is 174. The van der Waals surface area contributed by atoms with Gasteiger partial charge in [-0.1, -0.05) is 22.0 Å². The Morgan fingerprint density at radius 1 is 1.55 bits per heavy atom. The summed E-state index contributed by atoms with van der Waals surface area (Å²) in [6.45, 7) is 2.12. The van der Waals surface area contributed by atoms with Crippen molar-refractivity contribution in [3.8, 4) is 0 Å². The molecule has 0 spiro atoms. The Labute approximate surface area is 79.9 Å². The first-order valence-corrected chi connectivity index (χ1v) is 5.72. The molecule has 0 bridgehead atoms. The second kappa shape index (κ2) is 5.75. The van der Waals surface area contributed by atoms with E-state index in [0.717, 1.165) is 18.4 Å². The third-order valence-electron chi connectivity index (χ3n) is 1.37. The molecule has 1 N–H and O–H groups in total. The zero-order chi connectivity index (χ0) is 7.94. The monoisotopic (exact) mass is 233 g/mol. The quantitative estimate of drug-likeness (QED) is 0.610. The SMILES string of the molecule is BrCCCNCc1cccs1. The van der Waals surface area contributed by atoms with Crippen molar-refractivity contribution in [3.63, 3.8) is 0 Å². The summed E-state index contributed by atoms with van der Waals surface area (Å²) >= 11 is 5.20. The van der Waals surface area contributed by atoms with E-state index < -0.39 is 0 Å². The van der Waals surface area contributed by atoms with Crippen LogP contribution >= 0.6 is 27.3 Å². The van der Waals surface area contributed by atoms with E-state index in [4.69, 9.17) is 0 Å². The molecule has 0 aromatic carbocycles. The van der Waals surface area contributed by atoms with E-state index in [1.54, 1.807) is 11.3 Å². The summed E-state index contributed by atoms with van der Waals surface area (Å²) in [6.07, 6.45) is 1.20. The van der Waals surface area contributed by atoms with Crippen molar-refractivity contribution in [1.82, 2.24) is 5.32 Å². The highest BCUT2D eigenvalue weighted by Gasteiger charge is 1.90. The average Bonchev–Trinajstić information content (AvgIpc) is 2.50. The lowest BCUT2D eigenvalue weighted by atomic mass is 10.4. The molecule has 1 nitrogen and oxygen atoms in total. The van der Waals surface area contributed by atoms with E-state index >= 15 is 0 Å². The van der Waals surface area contributed by atoms with Crippen LogP contribution in [0.3, 0.4) is 0 Å². The standard InChI is InChI=1S/C8H12BrNS/c9-4-2-5-10-7-8-3-1-6-11-8/h1,3,6,10H,2,4-5,7H2. The molecular formula is C8H12BrNS. The number of nitrogens with one attached hydrogen (secondary N) is 1. The molecule has 0 aliphatic carbocycles. The van der Waals surface area contributed by atoms with Crippen molar-refractivity contribution in [2.75, 3.05) is 11.9 Å².